The summed E-state index contributed by atoms with van der Waals surface area (Å²) >= 11 is 0. The molecular weight excluding hydrogens is 251 g/mol. The van der Waals surface area contributed by atoms with Gasteiger partial charge in [0.1, 0.15) is 6.17 Å². The van der Waals surface area contributed by atoms with Crippen LogP contribution in [0, 0.1) is 0 Å². The highest BCUT2D eigenvalue weighted by Crippen LogP contribution is 2.38. The highest BCUT2D eigenvalue weighted by atomic mass is 19.1. The second-order valence-corrected chi connectivity index (χ2v) is 5.57. The molecule has 2 N–H and O–H groups in total. The van der Waals surface area contributed by atoms with Gasteiger partial charge >= 0.3 is 0 Å². The largest absolute Gasteiger partial charge is 0.384 e. The summed E-state index contributed by atoms with van der Waals surface area (Å²) in [6.45, 7) is 0.914. The van der Waals surface area contributed by atoms with Crippen molar-refractivity contribution in [1.29, 1.82) is 0 Å². The molecule has 0 saturated heterocycles. The van der Waals surface area contributed by atoms with Crippen LogP contribution >= 0.6 is 0 Å². The molecule has 2 atom stereocenters. The number of hydrogen-bond acceptors (Lipinski definition) is 2. The Morgan fingerprint density at radius 3 is 2.80 bits per heavy atom. The van der Waals surface area contributed by atoms with Gasteiger partial charge in [-0.15, -0.1) is 0 Å². The van der Waals surface area contributed by atoms with Gasteiger partial charge in [0.2, 0.25) is 0 Å². The van der Waals surface area contributed by atoms with E-state index in [0.717, 1.165) is 36.3 Å². The zero-order valence-electron chi connectivity index (χ0n) is 11.2. The third kappa shape index (κ3) is 1.77. The molecule has 2 heterocycles. The molecule has 3 heteroatoms. The van der Waals surface area contributed by atoms with Crippen molar-refractivity contribution in [3.8, 4) is 0 Å². The smallest absolute Gasteiger partial charge is 0.147 e. The lowest BCUT2D eigenvalue weighted by Gasteiger charge is -2.19. The second kappa shape index (κ2) is 4.51. The summed E-state index contributed by atoms with van der Waals surface area (Å²) in [5, 5.41) is 6.65. The highest BCUT2D eigenvalue weighted by molar-refractivity contribution is 5.64. The summed E-state index contributed by atoms with van der Waals surface area (Å²) in [7, 11) is 0. The molecule has 0 fully saturated rings. The average molecular weight is 268 g/mol. The number of alkyl halides is 1. The van der Waals surface area contributed by atoms with Gasteiger partial charge in [0.25, 0.3) is 0 Å². The monoisotopic (exact) mass is 268 g/mol. The first-order valence-corrected chi connectivity index (χ1v) is 7.17. The molecule has 0 aromatic heterocycles. The molecule has 2 aliphatic rings. The maximum Gasteiger partial charge on any atom is 0.147 e. The third-order valence-corrected chi connectivity index (χ3v) is 4.33. The molecular formula is C17H17FN2. The molecule has 0 spiro atoms. The van der Waals surface area contributed by atoms with E-state index >= 15 is 0 Å². The standard InChI is InChI=1S/C17H17FN2/c18-16(13-6-3-5-11-8-9-19-17(11)13)15-10-12-4-1-2-7-14(12)20-15/h1-7,15-16,19-20H,8-10H2. The van der Waals surface area contributed by atoms with Gasteiger partial charge in [-0.2, -0.15) is 0 Å². The molecule has 0 saturated carbocycles. The second-order valence-electron chi connectivity index (χ2n) is 5.57. The van der Waals surface area contributed by atoms with Crippen molar-refractivity contribution < 1.29 is 4.39 Å². The van der Waals surface area contributed by atoms with Gasteiger partial charge in [-0.05, 0) is 30.0 Å². The molecule has 2 nitrogen and oxygen atoms in total. The molecule has 2 aromatic carbocycles. The lowest BCUT2D eigenvalue weighted by Crippen LogP contribution is -2.22. The summed E-state index contributed by atoms with van der Waals surface area (Å²) < 4.78 is 15.0. The first kappa shape index (κ1) is 11.8. The van der Waals surface area contributed by atoms with Crippen LogP contribution in [0.2, 0.25) is 0 Å². The fourth-order valence-electron chi connectivity index (χ4n) is 3.32. The first-order valence-electron chi connectivity index (χ1n) is 7.17. The van der Waals surface area contributed by atoms with E-state index in [2.05, 4.69) is 22.8 Å². The van der Waals surface area contributed by atoms with E-state index in [-0.39, 0.29) is 6.04 Å². The minimum atomic E-state index is -0.983. The molecule has 2 unspecified atom stereocenters. The predicted octanol–water partition coefficient (Wildman–Crippen LogP) is 3.70. The van der Waals surface area contributed by atoms with E-state index in [4.69, 9.17) is 0 Å². The van der Waals surface area contributed by atoms with Gasteiger partial charge in [-0.25, -0.2) is 4.39 Å². The van der Waals surface area contributed by atoms with Crippen molar-refractivity contribution in [3.05, 3.63) is 59.2 Å². The maximum atomic E-state index is 15.0. The van der Waals surface area contributed by atoms with E-state index in [1.54, 1.807) is 0 Å². The lowest BCUT2D eigenvalue weighted by atomic mass is 9.97. The summed E-state index contributed by atoms with van der Waals surface area (Å²) in [4.78, 5) is 0. The van der Waals surface area contributed by atoms with Crippen molar-refractivity contribution in [2.75, 3.05) is 17.2 Å². The number of hydrogen-bond donors (Lipinski definition) is 2. The fourth-order valence-corrected chi connectivity index (χ4v) is 3.32. The Morgan fingerprint density at radius 2 is 1.90 bits per heavy atom. The van der Waals surface area contributed by atoms with Crippen LogP contribution in [0.25, 0.3) is 0 Å². The molecule has 0 aliphatic carbocycles. The van der Waals surface area contributed by atoms with Gasteiger partial charge in [0.15, 0.2) is 0 Å². The zero-order valence-corrected chi connectivity index (χ0v) is 11.2. The van der Waals surface area contributed by atoms with Gasteiger partial charge in [-0.3, -0.25) is 0 Å². The zero-order chi connectivity index (χ0) is 13.5. The number of anilines is 2. The summed E-state index contributed by atoms with van der Waals surface area (Å²) in [6.07, 6.45) is 0.762. The molecule has 0 radical (unpaired) electrons. The van der Waals surface area contributed by atoms with Crippen LogP contribution in [0.1, 0.15) is 22.9 Å². The van der Waals surface area contributed by atoms with Crippen LogP contribution in [-0.4, -0.2) is 12.6 Å². The minimum absolute atomic E-state index is 0.165. The van der Waals surface area contributed by atoms with Gasteiger partial charge in [0.05, 0.1) is 6.04 Å². The van der Waals surface area contributed by atoms with Crippen molar-refractivity contribution in [2.24, 2.45) is 0 Å². The number of fused-ring (bicyclic) bond motifs is 2. The lowest BCUT2D eigenvalue weighted by molar-refractivity contribution is 0.306. The van der Waals surface area contributed by atoms with Crippen molar-refractivity contribution in [3.63, 3.8) is 0 Å². The Kier molecular flexibility index (Phi) is 2.66. The molecule has 2 aliphatic heterocycles. The Labute approximate surface area is 118 Å². The van der Waals surface area contributed by atoms with Crippen LogP contribution in [0.3, 0.4) is 0 Å². The maximum absolute atomic E-state index is 15.0. The summed E-state index contributed by atoms with van der Waals surface area (Å²) in [5.74, 6) is 0. The highest BCUT2D eigenvalue weighted by Gasteiger charge is 2.31. The van der Waals surface area contributed by atoms with Crippen molar-refractivity contribution in [1.82, 2.24) is 0 Å². The van der Waals surface area contributed by atoms with E-state index < -0.39 is 6.17 Å². The van der Waals surface area contributed by atoms with Crippen LogP contribution in [0.15, 0.2) is 42.5 Å². The van der Waals surface area contributed by atoms with Gasteiger partial charge in [-0.1, -0.05) is 36.4 Å². The molecule has 102 valence electrons. The van der Waals surface area contributed by atoms with Crippen LogP contribution in [0.5, 0.6) is 0 Å². The van der Waals surface area contributed by atoms with Gasteiger partial charge in [0, 0.05) is 23.5 Å². The normalized spacial score (nSPS) is 20.8. The Bertz CT molecular complexity index is 628. The van der Waals surface area contributed by atoms with E-state index in [0.29, 0.717) is 0 Å². The summed E-state index contributed by atoms with van der Waals surface area (Å²) in [5.41, 5.74) is 5.32. The number of para-hydroxylation sites is 2. The Morgan fingerprint density at radius 1 is 1.05 bits per heavy atom. The molecule has 20 heavy (non-hydrogen) atoms. The summed E-state index contributed by atoms with van der Waals surface area (Å²) in [6, 6.07) is 13.9. The average Bonchev–Trinajstić information content (AvgIpc) is 3.12. The topological polar surface area (TPSA) is 24.1 Å². The van der Waals surface area contributed by atoms with Crippen LogP contribution in [-0.2, 0) is 12.8 Å². The Hall–Kier alpha value is -2.03. The number of nitrogens with one attached hydrogen (secondary N) is 2. The molecule has 2 aromatic rings. The third-order valence-electron chi connectivity index (χ3n) is 4.33. The number of halogens is 1. The fraction of sp³-hybridized carbons (Fsp3) is 0.294. The predicted molar refractivity (Wildman–Crippen MR) is 80.0 cm³/mol. The van der Waals surface area contributed by atoms with Crippen molar-refractivity contribution in [2.45, 2.75) is 25.1 Å². The van der Waals surface area contributed by atoms with E-state index in [9.17, 15) is 4.39 Å². The molecule has 4 rings (SSSR count). The number of rotatable bonds is 2. The van der Waals surface area contributed by atoms with Crippen molar-refractivity contribution >= 4 is 11.4 Å². The quantitative estimate of drug-likeness (QED) is 0.867. The molecule has 0 bridgehead atoms. The SMILES string of the molecule is FC(c1cccc2c1NCC2)C1Cc2ccccc2N1. The van der Waals surface area contributed by atoms with Crippen LogP contribution < -0.4 is 10.6 Å². The van der Waals surface area contributed by atoms with E-state index in [1.165, 1.54) is 11.1 Å². The van der Waals surface area contributed by atoms with Crippen LogP contribution in [0.4, 0.5) is 15.8 Å². The first-order chi connectivity index (χ1) is 9.83. The Balaban J connectivity index is 1.64. The molecule has 0 amide bonds. The van der Waals surface area contributed by atoms with Gasteiger partial charge < -0.3 is 10.6 Å². The number of benzene rings is 2. The van der Waals surface area contributed by atoms with E-state index in [1.807, 2.05) is 30.3 Å². The minimum Gasteiger partial charge on any atom is -0.384 e.